The number of halogens is 1. The number of fused-ring (bicyclic) bond motifs is 1. The van der Waals surface area contributed by atoms with E-state index in [-0.39, 0.29) is 18.0 Å². The van der Waals surface area contributed by atoms with E-state index in [0.717, 1.165) is 15.7 Å². The Kier molecular flexibility index (Phi) is 6.89. The van der Waals surface area contributed by atoms with Gasteiger partial charge in [-0.3, -0.25) is 4.79 Å². The average Bonchev–Trinajstić information content (AvgIpc) is 2.98. The molecule has 28 heavy (non-hydrogen) atoms. The second-order valence-electron chi connectivity index (χ2n) is 7.54. The molecule has 3 nitrogen and oxygen atoms in total. The summed E-state index contributed by atoms with van der Waals surface area (Å²) in [6, 6.07) is 17.2. The van der Waals surface area contributed by atoms with Crippen LogP contribution in [0.4, 0.5) is 0 Å². The Labute approximate surface area is 180 Å². The highest BCUT2D eigenvalue weighted by molar-refractivity contribution is 9.10. The van der Waals surface area contributed by atoms with Gasteiger partial charge in [0.2, 0.25) is 5.91 Å². The largest absolute Gasteiger partial charge is 0.337 e. The molecule has 148 valence electrons. The van der Waals surface area contributed by atoms with E-state index in [1.54, 1.807) is 0 Å². The van der Waals surface area contributed by atoms with Gasteiger partial charge in [0.15, 0.2) is 0 Å². The average molecular weight is 459 g/mol. The predicted octanol–water partition coefficient (Wildman–Crippen LogP) is 6.34. The summed E-state index contributed by atoms with van der Waals surface area (Å²) in [4.78, 5) is 16.1. The molecule has 0 spiro atoms. The number of rotatable bonds is 7. The number of carbonyl (C=O) groups is 1. The first-order valence-corrected chi connectivity index (χ1v) is 11.4. The first-order chi connectivity index (χ1) is 13.4. The fourth-order valence-corrected chi connectivity index (χ4v) is 4.91. The van der Waals surface area contributed by atoms with Gasteiger partial charge in [-0.15, -0.1) is 11.8 Å². The monoisotopic (exact) mass is 458 g/mol. The van der Waals surface area contributed by atoms with Crippen molar-refractivity contribution < 1.29 is 4.79 Å². The van der Waals surface area contributed by atoms with Crippen molar-refractivity contribution in [2.75, 3.05) is 0 Å². The third kappa shape index (κ3) is 4.81. The number of hydrogen-bond donors (Lipinski definition) is 0. The highest BCUT2D eigenvalue weighted by Gasteiger charge is 2.21. The van der Waals surface area contributed by atoms with Crippen LogP contribution in [0.15, 0.2) is 64.1 Å². The number of hydrogen-bond acceptors (Lipinski definition) is 2. The molecule has 5 heteroatoms. The molecule has 0 aliphatic heterocycles. The quantitative estimate of drug-likeness (QED) is 0.385. The van der Waals surface area contributed by atoms with Crippen LogP contribution in [0.2, 0.25) is 0 Å². The molecule has 0 atom stereocenters. The minimum atomic E-state index is 0.162. The van der Waals surface area contributed by atoms with Crippen LogP contribution in [-0.4, -0.2) is 27.5 Å². The van der Waals surface area contributed by atoms with Crippen molar-refractivity contribution in [3.63, 3.8) is 0 Å². The summed E-state index contributed by atoms with van der Waals surface area (Å²) in [5.41, 5.74) is 2.40. The second kappa shape index (κ2) is 9.19. The molecular weight excluding hydrogens is 432 g/mol. The van der Waals surface area contributed by atoms with Crippen LogP contribution in [0, 0.1) is 0 Å². The minimum Gasteiger partial charge on any atom is -0.337 e. The van der Waals surface area contributed by atoms with E-state index in [2.05, 4.69) is 96.9 Å². The van der Waals surface area contributed by atoms with Crippen LogP contribution in [0.1, 0.15) is 33.3 Å². The zero-order valence-corrected chi connectivity index (χ0v) is 19.3. The van der Waals surface area contributed by atoms with Crippen LogP contribution in [0.25, 0.3) is 10.9 Å². The molecule has 0 N–H and O–H groups in total. The normalized spacial score (nSPS) is 11.5. The van der Waals surface area contributed by atoms with Crippen molar-refractivity contribution in [1.29, 1.82) is 0 Å². The second-order valence-corrected chi connectivity index (χ2v) is 9.47. The molecule has 0 saturated carbocycles. The van der Waals surface area contributed by atoms with Crippen LogP contribution in [-0.2, 0) is 17.1 Å². The molecule has 0 aliphatic rings. The van der Waals surface area contributed by atoms with Gasteiger partial charge in [0.05, 0.1) is 0 Å². The SMILES string of the molecule is CC(C)N(C(=O)Cn1cc(SCc2ccc(Br)cc2)c2ccccc21)C(C)C. The molecule has 1 aromatic heterocycles. The van der Waals surface area contributed by atoms with Crippen molar-refractivity contribution in [2.45, 2.75) is 57.0 Å². The number of benzene rings is 2. The third-order valence-corrected chi connectivity index (χ3v) is 6.41. The van der Waals surface area contributed by atoms with Gasteiger partial charge in [-0.05, 0) is 51.5 Å². The molecule has 0 saturated heterocycles. The van der Waals surface area contributed by atoms with Crippen molar-refractivity contribution >= 4 is 44.5 Å². The van der Waals surface area contributed by atoms with Gasteiger partial charge in [0.25, 0.3) is 0 Å². The van der Waals surface area contributed by atoms with E-state index in [0.29, 0.717) is 6.54 Å². The van der Waals surface area contributed by atoms with E-state index in [9.17, 15) is 4.79 Å². The highest BCUT2D eigenvalue weighted by Crippen LogP contribution is 2.32. The summed E-state index contributed by atoms with van der Waals surface area (Å²) < 4.78 is 3.19. The van der Waals surface area contributed by atoms with Crippen molar-refractivity contribution in [3.8, 4) is 0 Å². The van der Waals surface area contributed by atoms with E-state index in [1.165, 1.54) is 15.8 Å². The fraction of sp³-hybridized carbons (Fsp3) is 0.348. The van der Waals surface area contributed by atoms with E-state index in [4.69, 9.17) is 0 Å². The number of nitrogens with zero attached hydrogens (tertiary/aromatic N) is 2. The smallest absolute Gasteiger partial charge is 0.242 e. The molecule has 1 amide bonds. The Morgan fingerprint density at radius 1 is 1.04 bits per heavy atom. The molecule has 3 aromatic rings. The number of aromatic nitrogens is 1. The maximum Gasteiger partial charge on any atom is 0.242 e. The number of carbonyl (C=O) groups excluding carboxylic acids is 1. The summed E-state index contributed by atoms with van der Waals surface area (Å²) in [7, 11) is 0. The van der Waals surface area contributed by atoms with Crippen LogP contribution < -0.4 is 0 Å². The first kappa shape index (κ1) is 21.0. The van der Waals surface area contributed by atoms with E-state index in [1.807, 2.05) is 22.7 Å². The predicted molar refractivity (Wildman–Crippen MR) is 123 cm³/mol. The van der Waals surface area contributed by atoms with Gasteiger partial charge >= 0.3 is 0 Å². The molecule has 2 aromatic carbocycles. The lowest BCUT2D eigenvalue weighted by atomic mass is 10.2. The zero-order valence-electron chi connectivity index (χ0n) is 16.9. The first-order valence-electron chi connectivity index (χ1n) is 9.63. The van der Waals surface area contributed by atoms with Crippen molar-refractivity contribution in [1.82, 2.24) is 9.47 Å². The molecule has 0 bridgehead atoms. The molecular formula is C23H27BrN2OS. The molecule has 0 fully saturated rings. The van der Waals surface area contributed by atoms with Gasteiger partial charge in [-0.25, -0.2) is 0 Å². The van der Waals surface area contributed by atoms with Crippen LogP contribution in [0.5, 0.6) is 0 Å². The summed E-state index contributed by atoms with van der Waals surface area (Å²) >= 11 is 5.30. The minimum absolute atomic E-state index is 0.162. The Hall–Kier alpha value is -1.72. The van der Waals surface area contributed by atoms with Crippen LogP contribution in [0.3, 0.4) is 0 Å². The summed E-state index contributed by atoms with van der Waals surface area (Å²) in [6.45, 7) is 8.67. The molecule has 1 heterocycles. The Morgan fingerprint density at radius 2 is 1.68 bits per heavy atom. The van der Waals surface area contributed by atoms with Gasteiger partial charge in [-0.1, -0.05) is 46.3 Å². The van der Waals surface area contributed by atoms with Gasteiger partial charge in [-0.2, -0.15) is 0 Å². The number of thioether (sulfide) groups is 1. The number of para-hydroxylation sites is 1. The molecule has 0 radical (unpaired) electrons. The van der Waals surface area contributed by atoms with E-state index >= 15 is 0 Å². The van der Waals surface area contributed by atoms with E-state index < -0.39 is 0 Å². The maximum atomic E-state index is 13.0. The summed E-state index contributed by atoms with van der Waals surface area (Å²) in [5, 5.41) is 1.21. The summed E-state index contributed by atoms with van der Waals surface area (Å²) in [5.74, 6) is 1.06. The Morgan fingerprint density at radius 3 is 2.32 bits per heavy atom. The lowest BCUT2D eigenvalue weighted by Gasteiger charge is -2.31. The van der Waals surface area contributed by atoms with Gasteiger partial charge < -0.3 is 9.47 Å². The Bertz CT molecular complexity index is 939. The standard InChI is InChI=1S/C23H27BrN2OS/c1-16(2)26(17(3)4)23(27)14-25-13-22(20-7-5-6-8-21(20)25)28-15-18-9-11-19(24)12-10-18/h5-13,16-17H,14-15H2,1-4H3. The van der Waals surface area contributed by atoms with Crippen LogP contribution >= 0.6 is 27.7 Å². The fourth-order valence-electron chi connectivity index (χ4n) is 3.60. The van der Waals surface area contributed by atoms with Gasteiger partial charge in [0, 0.05) is 44.3 Å². The highest BCUT2D eigenvalue weighted by atomic mass is 79.9. The van der Waals surface area contributed by atoms with Crippen molar-refractivity contribution in [3.05, 3.63) is 64.8 Å². The van der Waals surface area contributed by atoms with Crippen molar-refractivity contribution in [2.24, 2.45) is 0 Å². The molecule has 0 unspecified atom stereocenters. The lowest BCUT2D eigenvalue weighted by Crippen LogP contribution is -2.43. The van der Waals surface area contributed by atoms with Gasteiger partial charge in [0.1, 0.15) is 6.54 Å². The summed E-state index contributed by atoms with van der Waals surface area (Å²) in [6.07, 6.45) is 2.13. The molecule has 3 rings (SSSR count). The topological polar surface area (TPSA) is 25.2 Å². The number of amides is 1. The maximum absolute atomic E-state index is 13.0. The molecule has 0 aliphatic carbocycles. The zero-order chi connectivity index (χ0) is 20.3. The lowest BCUT2D eigenvalue weighted by molar-refractivity contribution is -0.135. The third-order valence-electron chi connectivity index (χ3n) is 4.77. The Balaban J connectivity index is 1.84.